The van der Waals surface area contributed by atoms with Crippen LogP contribution >= 0.6 is 23.2 Å². The topological polar surface area (TPSA) is 47.8 Å². The molecule has 1 heterocycles. The van der Waals surface area contributed by atoms with Gasteiger partial charge in [-0.2, -0.15) is 0 Å². The van der Waals surface area contributed by atoms with Gasteiger partial charge in [-0.05, 0) is 18.1 Å². The molecular formula is C13H13Cl2N3O. The van der Waals surface area contributed by atoms with Gasteiger partial charge in [0.2, 0.25) is 0 Å². The summed E-state index contributed by atoms with van der Waals surface area (Å²) in [5.74, 6) is 0.391. The monoisotopic (exact) mass is 297 g/mol. The average molecular weight is 298 g/mol. The van der Waals surface area contributed by atoms with Gasteiger partial charge in [0.05, 0.1) is 15.7 Å². The van der Waals surface area contributed by atoms with Crippen molar-refractivity contribution >= 4 is 29.5 Å². The molecule has 0 aliphatic heterocycles. The summed E-state index contributed by atoms with van der Waals surface area (Å²) in [4.78, 5) is 11.1. The van der Waals surface area contributed by atoms with Gasteiger partial charge in [0, 0.05) is 12.1 Å². The van der Waals surface area contributed by atoms with E-state index < -0.39 is 0 Å². The van der Waals surface area contributed by atoms with Crippen LogP contribution in [-0.2, 0) is 6.54 Å². The smallest absolute Gasteiger partial charge is 0.172 e. The van der Waals surface area contributed by atoms with Gasteiger partial charge in [0.25, 0.3) is 0 Å². The molecule has 0 radical (unpaired) electrons. The molecule has 0 aliphatic rings. The van der Waals surface area contributed by atoms with Gasteiger partial charge in [0.1, 0.15) is 0 Å². The second kappa shape index (κ2) is 5.72. The summed E-state index contributed by atoms with van der Waals surface area (Å²) in [6.07, 6.45) is 0.696. The van der Waals surface area contributed by atoms with E-state index in [1.807, 2.05) is 0 Å². The molecule has 2 aromatic rings. The number of rotatable bonds is 4. The molecule has 19 heavy (non-hydrogen) atoms. The molecule has 0 saturated heterocycles. The van der Waals surface area contributed by atoms with Crippen LogP contribution in [0.3, 0.4) is 0 Å². The molecule has 0 unspecified atom stereocenters. The summed E-state index contributed by atoms with van der Waals surface area (Å²) in [5, 5.41) is 8.81. The fraction of sp³-hybridized carbons (Fsp3) is 0.308. The van der Waals surface area contributed by atoms with E-state index in [9.17, 15) is 4.79 Å². The highest BCUT2D eigenvalue weighted by Crippen LogP contribution is 2.29. The Kier molecular flexibility index (Phi) is 4.22. The van der Waals surface area contributed by atoms with Crippen LogP contribution in [-0.4, -0.2) is 21.3 Å². The van der Waals surface area contributed by atoms with Crippen molar-refractivity contribution in [2.75, 3.05) is 0 Å². The normalized spacial score (nSPS) is 11.0. The third-order valence-corrected chi connectivity index (χ3v) is 3.34. The van der Waals surface area contributed by atoms with Crippen molar-refractivity contribution in [3.8, 4) is 11.3 Å². The van der Waals surface area contributed by atoms with Gasteiger partial charge in [-0.3, -0.25) is 4.79 Å². The largest absolute Gasteiger partial charge is 0.296 e. The lowest BCUT2D eigenvalue weighted by atomic mass is 10.1. The number of benzene rings is 1. The van der Waals surface area contributed by atoms with E-state index in [4.69, 9.17) is 23.2 Å². The first-order valence-electron chi connectivity index (χ1n) is 5.87. The minimum absolute atomic E-state index is 0.305. The van der Waals surface area contributed by atoms with E-state index in [0.717, 1.165) is 5.56 Å². The highest BCUT2D eigenvalue weighted by atomic mass is 35.5. The Hall–Kier alpha value is -1.39. The maximum Gasteiger partial charge on any atom is 0.172 e. The third-order valence-electron chi connectivity index (χ3n) is 2.60. The average Bonchev–Trinajstić information content (AvgIpc) is 2.74. The van der Waals surface area contributed by atoms with Crippen molar-refractivity contribution in [3.05, 3.63) is 33.9 Å². The highest BCUT2D eigenvalue weighted by Gasteiger charge is 2.16. The number of carbonyl (C=O) groups excluding carboxylic acids is 1. The third kappa shape index (κ3) is 2.96. The fourth-order valence-corrected chi connectivity index (χ4v) is 2.12. The number of nitrogens with zero attached hydrogens (tertiary/aromatic N) is 3. The molecule has 0 amide bonds. The number of halogens is 2. The Bertz CT molecular complexity index is 608. The lowest BCUT2D eigenvalue weighted by molar-refractivity contribution is 0.111. The molecule has 0 atom stereocenters. The van der Waals surface area contributed by atoms with Crippen LogP contribution in [0.15, 0.2) is 18.2 Å². The minimum atomic E-state index is 0.305. The van der Waals surface area contributed by atoms with Crippen LogP contribution in [0.2, 0.25) is 10.0 Å². The fourth-order valence-electron chi connectivity index (χ4n) is 1.82. The number of hydrogen-bond acceptors (Lipinski definition) is 3. The van der Waals surface area contributed by atoms with E-state index in [2.05, 4.69) is 24.2 Å². The summed E-state index contributed by atoms with van der Waals surface area (Å²) in [6, 6.07) is 5.21. The summed E-state index contributed by atoms with van der Waals surface area (Å²) in [7, 11) is 0. The van der Waals surface area contributed by atoms with Gasteiger partial charge >= 0.3 is 0 Å². The second-order valence-electron chi connectivity index (χ2n) is 4.65. The zero-order chi connectivity index (χ0) is 14.0. The maximum absolute atomic E-state index is 11.1. The Morgan fingerprint density at radius 1 is 1.32 bits per heavy atom. The van der Waals surface area contributed by atoms with Gasteiger partial charge in [0.15, 0.2) is 12.0 Å². The Morgan fingerprint density at radius 3 is 2.63 bits per heavy atom. The first-order chi connectivity index (χ1) is 9.02. The van der Waals surface area contributed by atoms with Crippen LogP contribution in [0.5, 0.6) is 0 Å². The van der Waals surface area contributed by atoms with E-state index in [0.29, 0.717) is 40.2 Å². The van der Waals surface area contributed by atoms with Crippen LogP contribution < -0.4 is 0 Å². The Balaban J connectivity index is 2.55. The Morgan fingerprint density at radius 2 is 2.05 bits per heavy atom. The molecule has 0 saturated carbocycles. The van der Waals surface area contributed by atoms with Gasteiger partial charge < -0.3 is 0 Å². The Labute approximate surface area is 121 Å². The highest BCUT2D eigenvalue weighted by molar-refractivity contribution is 6.42. The number of aromatic nitrogens is 3. The van der Waals surface area contributed by atoms with E-state index >= 15 is 0 Å². The molecule has 1 aromatic carbocycles. The predicted molar refractivity (Wildman–Crippen MR) is 75.7 cm³/mol. The van der Waals surface area contributed by atoms with Crippen LogP contribution in [0, 0.1) is 5.92 Å². The number of aldehydes is 1. The van der Waals surface area contributed by atoms with Crippen molar-refractivity contribution in [1.29, 1.82) is 0 Å². The lowest BCUT2D eigenvalue weighted by Gasteiger charge is -2.09. The minimum Gasteiger partial charge on any atom is -0.296 e. The van der Waals surface area contributed by atoms with Crippen LogP contribution in [0.25, 0.3) is 11.3 Å². The van der Waals surface area contributed by atoms with Crippen molar-refractivity contribution < 1.29 is 4.79 Å². The van der Waals surface area contributed by atoms with Crippen molar-refractivity contribution in [1.82, 2.24) is 15.0 Å². The van der Waals surface area contributed by atoms with Crippen molar-refractivity contribution in [2.24, 2.45) is 5.92 Å². The van der Waals surface area contributed by atoms with Gasteiger partial charge in [-0.25, -0.2) is 4.68 Å². The van der Waals surface area contributed by atoms with Gasteiger partial charge in [-0.15, -0.1) is 5.10 Å². The summed E-state index contributed by atoms with van der Waals surface area (Å²) in [6.45, 7) is 4.82. The molecule has 4 nitrogen and oxygen atoms in total. The summed E-state index contributed by atoms with van der Waals surface area (Å²) in [5.41, 5.74) is 1.75. The first-order valence-corrected chi connectivity index (χ1v) is 6.62. The molecule has 6 heteroatoms. The SMILES string of the molecule is CC(C)Cn1nnc(C=O)c1-c1ccc(Cl)c(Cl)c1. The molecule has 0 spiro atoms. The molecule has 0 aliphatic carbocycles. The van der Waals surface area contributed by atoms with Crippen LogP contribution in [0.4, 0.5) is 0 Å². The molecule has 0 N–H and O–H groups in total. The maximum atomic E-state index is 11.1. The standard InChI is InChI=1S/C13H13Cl2N3O/c1-8(2)6-18-13(12(7-19)16-17-18)9-3-4-10(14)11(15)5-9/h3-5,7-8H,6H2,1-2H3. The lowest BCUT2D eigenvalue weighted by Crippen LogP contribution is -2.08. The van der Waals surface area contributed by atoms with Crippen molar-refractivity contribution in [3.63, 3.8) is 0 Å². The molecular weight excluding hydrogens is 285 g/mol. The number of carbonyl (C=O) groups is 1. The summed E-state index contributed by atoms with van der Waals surface area (Å²) < 4.78 is 1.72. The summed E-state index contributed by atoms with van der Waals surface area (Å²) >= 11 is 11.9. The molecule has 100 valence electrons. The molecule has 2 rings (SSSR count). The predicted octanol–water partition coefficient (Wildman–Crippen LogP) is 3.72. The molecule has 0 fully saturated rings. The van der Waals surface area contributed by atoms with Crippen molar-refractivity contribution in [2.45, 2.75) is 20.4 Å². The van der Waals surface area contributed by atoms with E-state index in [1.165, 1.54) is 0 Å². The molecule has 1 aromatic heterocycles. The quantitative estimate of drug-likeness (QED) is 0.808. The first kappa shape index (κ1) is 14.0. The van der Waals surface area contributed by atoms with Crippen LogP contribution in [0.1, 0.15) is 24.3 Å². The van der Waals surface area contributed by atoms with Gasteiger partial charge in [-0.1, -0.05) is 48.3 Å². The zero-order valence-corrected chi connectivity index (χ0v) is 12.1. The van der Waals surface area contributed by atoms with E-state index in [-0.39, 0.29) is 0 Å². The zero-order valence-electron chi connectivity index (χ0n) is 10.6. The number of hydrogen-bond donors (Lipinski definition) is 0. The van der Waals surface area contributed by atoms with E-state index in [1.54, 1.807) is 22.9 Å². The second-order valence-corrected chi connectivity index (χ2v) is 5.46. The molecule has 0 bridgehead atoms.